The van der Waals surface area contributed by atoms with Crippen molar-refractivity contribution in [1.29, 1.82) is 5.26 Å². The maximum absolute atomic E-state index is 13.1. The number of ether oxygens (including phenoxy) is 3. The van der Waals surface area contributed by atoms with E-state index in [4.69, 9.17) is 25.8 Å². The molecule has 0 aliphatic carbocycles. The van der Waals surface area contributed by atoms with Gasteiger partial charge in [0.25, 0.3) is 11.1 Å². The van der Waals surface area contributed by atoms with Crippen molar-refractivity contribution in [3.8, 4) is 23.3 Å². The Kier molecular flexibility index (Phi) is 9.53. The van der Waals surface area contributed by atoms with Crippen LogP contribution in [0.4, 0.5) is 23.7 Å². The number of nitrogens with one attached hydrogen (secondary N) is 1. The number of nitriles is 1. The highest BCUT2D eigenvalue weighted by molar-refractivity contribution is 8.18. The Morgan fingerprint density at radius 2 is 1.81 bits per heavy atom. The monoisotopic (exact) mass is 631 g/mol. The normalized spacial score (nSPS) is 14.1. The van der Waals surface area contributed by atoms with Gasteiger partial charge in [0.15, 0.2) is 11.5 Å². The Bertz CT molecular complexity index is 1670. The summed E-state index contributed by atoms with van der Waals surface area (Å²) >= 11 is 7.01. The summed E-state index contributed by atoms with van der Waals surface area (Å²) in [6.45, 7) is -0.713. The molecule has 3 aromatic rings. The first kappa shape index (κ1) is 31.3. The van der Waals surface area contributed by atoms with Crippen LogP contribution in [0, 0.1) is 11.3 Å². The highest BCUT2D eigenvalue weighted by Gasteiger charge is 2.37. The average molecular weight is 632 g/mol. The molecule has 1 fully saturated rings. The van der Waals surface area contributed by atoms with E-state index in [1.165, 1.54) is 32.4 Å². The van der Waals surface area contributed by atoms with Gasteiger partial charge in [-0.1, -0.05) is 29.8 Å². The molecule has 222 valence electrons. The number of carbonyl (C=O) groups excluding carboxylic acids is 3. The zero-order valence-electron chi connectivity index (χ0n) is 22.5. The van der Waals surface area contributed by atoms with Crippen LogP contribution >= 0.6 is 23.4 Å². The molecule has 43 heavy (non-hydrogen) atoms. The molecular weight excluding hydrogens is 611 g/mol. The van der Waals surface area contributed by atoms with Gasteiger partial charge in [-0.25, -0.2) is 0 Å². The molecule has 1 aliphatic heterocycles. The van der Waals surface area contributed by atoms with Crippen LogP contribution in [0.2, 0.25) is 5.02 Å². The highest BCUT2D eigenvalue weighted by Crippen LogP contribution is 2.40. The first-order valence-electron chi connectivity index (χ1n) is 12.2. The number of anilines is 1. The third-order valence-corrected chi connectivity index (χ3v) is 7.22. The van der Waals surface area contributed by atoms with Gasteiger partial charge in [0.05, 0.1) is 47.0 Å². The molecule has 3 aromatic carbocycles. The molecule has 0 unspecified atom stereocenters. The summed E-state index contributed by atoms with van der Waals surface area (Å²) in [5, 5.41) is 10.9. The maximum atomic E-state index is 13.1. The molecule has 0 bridgehead atoms. The quantitative estimate of drug-likeness (QED) is 0.266. The highest BCUT2D eigenvalue weighted by atomic mass is 35.5. The standard InChI is InChI=1S/C29H21ClF3N3O6S/c1-40-22-8-7-19(29(31,32)33)12-21(22)35-25(37)14-36-27(38)24(43-28(36)39)11-16-9-20(30)26(23(10-16)41-2)42-15-18-6-4-3-5-17(18)13-34/h3-12H,14-15H2,1-2H3,(H,35,37)/b24-11-. The molecular formula is C29H21ClF3N3O6S. The molecule has 9 nitrogen and oxygen atoms in total. The molecule has 1 saturated heterocycles. The number of methoxy groups -OCH3 is 2. The summed E-state index contributed by atoms with van der Waals surface area (Å²) in [7, 11) is 2.60. The third kappa shape index (κ3) is 7.22. The molecule has 0 saturated carbocycles. The van der Waals surface area contributed by atoms with E-state index in [9.17, 15) is 32.8 Å². The van der Waals surface area contributed by atoms with Crippen LogP contribution in [-0.2, 0) is 22.4 Å². The molecule has 0 aromatic heterocycles. The number of rotatable bonds is 9. The maximum Gasteiger partial charge on any atom is 0.416 e. The molecule has 0 radical (unpaired) electrons. The van der Waals surface area contributed by atoms with E-state index in [0.29, 0.717) is 39.4 Å². The van der Waals surface area contributed by atoms with Crippen molar-refractivity contribution in [3.05, 3.63) is 86.8 Å². The lowest BCUT2D eigenvalue weighted by Crippen LogP contribution is -2.36. The SMILES string of the molecule is COc1ccc(C(F)(F)F)cc1NC(=O)CN1C(=O)S/C(=C\c2cc(Cl)c(OCc3ccccc3C#N)c(OC)c2)C1=O. The number of thioether (sulfide) groups is 1. The van der Waals surface area contributed by atoms with E-state index in [2.05, 4.69) is 11.4 Å². The van der Waals surface area contributed by atoms with E-state index >= 15 is 0 Å². The Hall–Kier alpha value is -4.67. The number of carbonyl (C=O) groups is 3. The Morgan fingerprint density at radius 1 is 1.09 bits per heavy atom. The van der Waals surface area contributed by atoms with E-state index in [-0.39, 0.29) is 39.5 Å². The van der Waals surface area contributed by atoms with Gasteiger partial charge >= 0.3 is 6.18 Å². The smallest absolute Gasteiger partial charge is 0.416 e. The van der Waals surface area contributed by atoms with E-state index < -0.39 is 35.3 Å². The second-order valence-corrected chi connectivity index (χ2v) is 10.2. The van der Waals surface area contributed by atoms with Crippen molar-refractivity contribution < 1.29 is 41.8 Å². The number of nitrogens with zero attached hydrogens (tertiary/aromatic N) is 2. The summed E-state index contributed by atoms with van der Waals surface area (Å²) < 4.78 is 55.6. The van der Waals surface area contributed by atoms with Crippen LogP contribution in [0.1, 0.15) is 22.3 Å². The van der Waals surface area contributed by atoms with Crippen molar-refractivity contribution >= 4 is 52.2 Å². The van der Waals surface area contributed by atoms with Crippen LogP contribution in [0.15, 0.2) is 59.5 Å². The zero-order valence-corrected chi connectivity index (χ0v) is 24.0. The topological polar surface area (TPSA) is 118 Å². The largest absolute Gasteiger partial charge is 0.495 e. The van der Waals surface area contributed by atoms with Crippen molar-refractivity contribution in [2.75, 3.05) is 26.1 Å². The molecule has 0 spiro atoms. The number of imide groups is 1. The van der Waals surface area contributed by atoms with Gasteiger partial charge in [-0.2, -0.15) is 18.4 Å². The fourth-order valence-corrected chi connectivity index (χ4v) is 5.08. The minimum atomic E-state index is -4.66. The first-order chi connectivity index (χ1) is 20.4. The molecule has 1 heterocycles. The minimum absolute atomic E-state index is 0.0239. The summed E-state index contributed by atoms with van der Waals surface area (Å²) in [5.41, 5.74) is 0.166. The first-order valence-corrected chi connectivity index (χ1v) is 13.4. The molecule has 4 rings (SSSR count). The molecule has 1 aliphatic rings. The lowest BCUT2D eigenvalue weighted by Gasteiger charge is -2.16. The van der Waals surface area contributed by atoms with Crippen LogP contribution in [0.5, 0.6) is 17.2 Å². The molecule has 3 amide bonds. The summed E-state index contributed by atoms with van der Waals surface area (Å²) in [5.74, 6) is -1.32. The second kappa shape index (κ2) is 13.1. The number of alkyl halides is 3. The van der Waals surface area contributed by atoms with Gasteiger partial charge in [-0.05, 0) is 59.8 Å². The van der Waals surface area contributed by atoms with Crippen LogP contribution in [0.3, 0.4) is 0 Å². The van der Waals surface area contributed by atoms with Gasteiger partial charge in [0.1, 0.15) is 18.9 Å². The number of hydrogen-bond donors (Lipinski definition) is 1. The van der Waals surface area contributed by atoms with Crippen molar-refractivity contribution in [2.24, 2.45) is 0 Å². The molecule has 1 N–H and O–H groups in total. The van der Waals surface area contributed by atoms with Crippen molar-refractivity contribution in [3.63, 3.8) is 0 Å². The Labute approximate surface area is 252 Å². The van der Waals surface area contributed by atoms with Crippen LogP contribution < -0.4 is 19.5 Å². The number of amides is 3. The van der Waals surface area contributed by atoms with E-state index in [1.807, 2.05) is 0 Å². The second-order valence-electron chi connectivity index (χ2n) is 8.82. The average Bonchev–Trinajstić information content (AvgIpc) is 3.22. The summed E-state index contributed by atoms with van der Waals surface area (Å²) in [6.07, 6.45) is -3.29. The van der Waals surface area contributed by atoms with Gasteiger partial charge in [-0.3, -0.25) is 19.3 Å². The predicted molar refractivity (Wildman–Crippen MR) is 153 cm³/mol. The van der Waals surface area contributed by atoms with Gasteiger partial charge < -0.3 is 19.5 Å². The number of hydrogen-bond acceptors (Lipinski definition) is 8. The zero-order chi connectivity index (χ0) is 31.3. The van der Waals surface area contributed by atoms with Gasteiger partial charge in [0, 0.05) is 5.56 Å². The number of halogens is 4. The Morgan fingerprint density at radius 3 is 2.49 bits per heavy atom. The Balaban J connectivity index is 1.49. The van der Waals surface area contributed by atoms with E-state index in [1.54, 1.807) is 24.3 Å². The lowest BCUT2D eigenvalue weighted by atomic mass is 10.1. The predicted octanol–water partition coefficient (Wildman–Crippen LogP) is 6.50. The van der Waals surface area contributed by atoms with Crippen molar-refractivity contribution in [1.82, 2.24) is 4.90 Å². The lowest BCUT2D eigenvalue weighted by molar-refractivity contribution is -0.137. The summed E-state index contributed by atoms with van der Waals surface area (Å²) in [4.78, 5) is 38.8. The number of benzene rings is 3. The summed E-state index contributed by atoms with van der Waals surface area (Å²) in [6, 6.07) is 14.5. The van der Waals surface area contributed by atoms with Crippen LogP contribution in [0.25, 0.3) is 6.08 Å². The fraction of sp³-hybridized carbons (Fsp3) is 0.172. The van der Waals surface area contributed by atoms with Gasteiger partial charge in [-0.15, -0.1) is 0 Å². The fourth-order valence-electron chi connectivity index (χ4n) is 3.97. The van der Waals surface area contributed by atoms with Gasteiger partial charge in [0.2, 0.25) is 5.91 Å². The third-order valence-electron chi connectivity index (χ3n) is 6.04. The van der Waals surface area contributed by atoms with Crippen molar-refractivity contribution in [2.45, 2.75) is 12.8 Å². The van der Waals surface area contributed by atoms with E-state index in [0.717, 1.165) is 12.1 Å². The molecule has 14 heteroatoms. The molecule has 0 atom stereocenters. The minimum Gasteiger partial charge on any atom is -0.495 e. The van der Waals surface area contributed by atoms with Crippen LogP contribution in [-0.4, -0.2) is 42.7 Å².